The summed E-state index contributed by atoms with van der Waals surface area (Å²) >= 11 is 0. The van der Waals surface area contributed by atoms with Crippen LogP contribution in [0.25, 0.3) is 0 Å². The molecular weight excluding hydrogens is 732 g/mol. The smallest absolute Gasteiger partial charge is 0.303 e. The Kier molecular flexibility index (Phi) is 15.9. The number of hydrogen-bond acceptors (Lipinski definition) is 15. The summed E-state index contributed by atoms with van der Waals surface area (Å²) in [5, 5.41) is 11.7. The highest BCUT2D eigenvalue weighted by Crippen LogP contribution is 2.35. The molecule has 2 heterocycles. The van der Waals surface area contributed by atoms with Crippen LogP contribution < -0.4 is 0 Å². The summed E-state index contributed by atoms with van der Waals surface area (Å²) in [6.45, 7) is 4.47. The molecule has 3 aromatic carbocycles. The molecular formula is C41H48O15. The van der Waals surface area contributed by atoms with Gasteiger partial charge in [0.05, 0.1) is 26.4 Å². The van der Waals surface area contributed by atoms with Gasteiger partial charge in [-0.15, -0.1) is 0 Å². The van der Waals surface area contributed by atoms with Crippen molar-refractivity contribution in [1.82, 2.24) is 0 Å². The van der Waals surface area contributed by atoms with Crippen molar-refractivity contribution in [2.45, 2.75) is 109 Å². The number of esters is 4. The Hall–Kier alpha value is -4.74. The van der Waals surface area contributed by atoms with Crippen LogP contribution in [-0.2, 0) is 86.4 Å². The van der Waals surface area contributed by atoms with E-state index < -0.39 is 91.9 Å². The maximum absolute atomic E-state index is 12.5. The second kappa shape index (κ2) is 21.0. The summed E-state index contributed by atoms with van der Waals surface area (Å²) in [6, 6.07) is 28.3. The van der Waals surface area contributed by atoms with Gasteiger partial charge in [-0.2, -0.15) is 0 Å². The van der Waals surface area contributed by atoms with Crippen LogP contribution in [0.4, 0.5) is 0 Å². The number of carbonyl (C=O) groups excluding carboxylic acids is 4. The minimum absolute atomic E-state index is 0.0115. The van der Waals surface area contributed by atoms with Gasteiger partial charge in [-0.3, -0.25) is 19.2 Å². The first kappa shape index (κ1) is 42.4. The monoisotopic (exact) mass is 780 g/mol. The van der Waals surface area contributed by atoms with Gasteiger partial charge in [0.1, 0.15) is 37.1 Å². The molecule has 56 heavy (non-hydrogen) atoms. The highest BCUT2D eigenvalue weighted by molar-refractivity contribution is 5.68. The third-order valence-electron chi connectivity index (χ3n) is 8.81. The highest BCUT2D eigenvalue weighted by atomic mass is 16.8. The number of rotatable bonds is 17. The van der Waals surface area contributed by atoms with Crippen molar-refractivity contribution >= 4 is 23.9 Å². The second-order valence-corrected chi connectivity index (χ2v) is 13.3. The molecule has 2 aliphatic rings. The van der Waals surface area contributed by atoms with Gasteiger partial charge in [0.25, 0.3) is 0 Å². The first-order chi connectivity index (χ1) is 27.0. The third kappa shape index (κ3) is 12.4. The molecule has 15 heteroatoms. The molecule has 0 saturated carbocycles. The fraction of sp³-hybridized carbons (Fsp3) is 0.463. The zero-order chi connectivity index (χ0) is 40.0. The Balaban J connectivity index is 1.51. The number of carbonyl (C=O) groups is 4. The van der Waals surface area contributed by atoms with Gasteiger partial charge in [-0.05, 0) is 16.7 Å². The molecule has 2 fully saturated rings. The van der Waals surface area contributed by atoms with Gasteiger partial charge >= 0.3 is 23.9 Å². The van der Waals surface area contributed by atoms with Gasteiger partial charge in [0.2, 0.25) is 0 Å². The van der Waals surface area contributed by atoms with Gasteiger partial charge in [0.15, 0.2) is 30.9 Å². The average Bonchev–Trinajstić information content (AvgIpc) is 3.16. The lowest BCUT2D eigenvalue weighted by Crippen LogP contribution is -2.66. The molecule has 1 N–H and O–H groups in total. The molecule has 0 amide bonds. The predicted octanol–water partition coefficient (Wildman–Crippen LogP) is 3.56. The van der Waals surface area contributed by atoms with E-state index in [1.165, 1.54) is 6.92 Å². The summed E-state index contributed by atoms with van der Waals surface area (Å²) in [7, 11) is 0. The molecule has 5 rings (SSSR count). The number of aliphatic hydroxyl groups is 1. The van der Waals surface area contributed by atoms with Crippen LogP contribution >= 0.6 is 0 Å². The maximum atomic E-state index is 12.5. The Bertz CT molecular complexity index is 1690. The van der Waals surface area contributed by atoms with E-state index in [0.29, 0.717) is 0 Å². The lowest BCUT2D eigenvalue weighted by molar-refractivity contribution is -0.370. The maximum Gasteiger partial charge on any atom is 0.303 e. The van der Waals surface area contributed by atoms with Gasteiger partial charge in [-0.25, -0.2) is 0 Å². The molecule has 2 aliphatic heterocycles. The lowest BCUT2D eigenvalue weighted by atomic mass is 9.96. The van der Waals surface area contributed by atoms with Gasteiger partial charge in [-0.1, -0.05) is 91.0 Å². The second-order valence-electron chi connectivity index (χ2n) is 13.3. The molecule has 0 unspecified atom stereocenters. The van der Waals surface area contributed by atoms with Crippen LogP contribution in [0, 0.1) is 0 Å². The van der Waals surface area contributed by atoms with Crippen molar-refractivity contribution in [3.8, 4) is 0 Å². The van der Waals surface area contributed by atoms with Gasteiger partial charge in [0, 0.05) is 27.7 Å². The van der Waals surface area contributed by atoms with E-state index in [9.17, 15) is 24.3 Å². The zero-order valence-corrected chi connectivity index (χ0v) is 31.6. The largest absolute Gasteiger partial charge is 0.463 e. The molecule has 0 spiro atoms. The number of hydrogen-bond donors (Lipinski definition) is 1. The van der Waals surface area contributed by atoms with Crippen LogP contribution in [0.1, 0.15) is 44.4 Å². The average molecular weight is 781 g/mol. The van der Waals surface area contributed by atoms with Crippen LogP contribution in [0.5, 0.6) is 0 Å². The third-order valence-corrected chi connectivity index (χ3v) is 8.81. The fourth-order valence-electron chi connectivity index (χ4n) is 6.42. The molecule has 2 saturated heterocycles. The molecule has 0 aromatic heterocycles. The number of aliphatic hydroxyl groups excluding tert-OH is 1. The number of benzene rings is 3. The topological polar surface area (TPSA) is 181 Å². The standard InChI is InChI=1S/C41H48O15/c1-25(42)48-24-33-35(51-26(2)43)37(52-27(3)44)39(53-28(4)45)41(55-33)56-38-36(50-22-31-18-12-7-13-19-31)34(49-21-30-16-10-6-11-17-30)32(54-40(38)46)23-47-20-29-14-8-5-9-15-29/h5-19,32-41,46H,20-24H2,1-4H3/t32-,33-,34-,35-,36+,37+,38+,39+,40+,41-/m1/s1. The Morgan fingerprint density at radius 1 is 0.518 bits per heavy atom. The lowest BCUT2D eigenvalue weighted by Gasteiger charge is -2.48. The first-order valence-corrected chi connectivity index (χ1v) is 18.2. The van der Waals surface area contributed by atoms with Crippen molar-refractivity contribution in [3.63, 3.8) is 0 Å². The highest BCUT2D eigenvalue weighted by Gasteiger charge is 2.56. The summed E-state index contributed by atoms with van der Waals surface area (Å²) in [4.78, 5) is 49.1. The Morgan fingerprint density at radius 3 is 1.50 bits per heavy atom. The van der Waals surface area contributed by atoms with Crippen LogP contribution in [0.3, 0.4) is 0 Å². The SMILES string of the molecule is CC(=O)OC[C@H]1O[C@H](O[C@H]2[C@@H](OCc3ccccc3)[C@H](OCc3ccccc3)[C@@H](COCc3ccccc3)O[C@@H]2O)[C@@H](OC(C)=O)[C@@H](OC(C)=O)[C@@H]1OC(C)=O. The van der Waals surface area contributed by atoms with Crippen molar-refractivity contribution in [1.29, 1.82) is 0 Å². The summed E-state index contributed by atoms with van der Waals surface area (Å²) in [5.74, 6) is -3.09. The first-order valence-electron chi connectivity index (χ1n) is 18.2. The minimum atomic E-state index is -1.70. The van der Waals surface area contributed by atoms with E-state index >= 15 is 0 Å². The van der Waals surface area contributed by atoms with E-state index in [-0.39, 0.29) is 26.4 Å². The molecule has 3 aromatic rings. The Labute approximate surface area is 325 Å². The Morgan fingerprint density at radius 2 is 0.982 bits per heavy atom. The zero-order valence-electron chi connectivity index (χ0n) is 31.6. The normalized spacial score (nSPS) is 27.4. The predicted molar refractivity (Wildman–Crippen MR) is 194 cm³/mol. The van der Waals surface area contributed by atoms with Crippen molar-refractivity contribution in [2.24, 2.45) is 0 Å². The summed E-state index contributed by atoms with van der Waals surface area (Å²) in [5.41, 5.74) is 2.58. The van der Waals surface area contributed by atoms with Crippen LogP contribution in [0.2, 0.25) is 0 Å². The molecule has 0 aliphatic carbocycles. The minimum Gasteiger partial charge on any atom is -0.463 e. The van der Waals surface area contributed by atoms with Crippen molar-refractivity contribution < 1.29 is 71.7 Å². The van der Waals surface area contributed by atoms with E-state index in [2.05, 4.69) is 0 Å². The van der Waals surface area contributed by atoms with Crippen molar-refractivity contribution in [3.05, 3.63) is 108 Å². The molecule has 0 bridgehead atoms. The molecule has 15 nitrogen and oxygen atoms in total. The van der Waals surface area contributed by atoms with Crippen molar-refractivity contribution in [2.75, 3.05) is 13.2 Å². The molecule has 0 radical (unpaired) electrons. The summed E-state index contributed by atoms with van der Waals surface area (Å²) < 4.78 is 59.9. The fourth-order valence-corrected chi connectivity index (χ4v) is 6.42. The van der Waals surface area contributed by atoms with Crippen LogP contribution in [-0.4, -0.2) is 104 Å². The van der Waals surface area contributed by atoms with E-state index in [1.807, 2.05) is 91.0 Å². The molecule has 302 valence electrons. The van der Waals surface area contributed by atoms with E-state index in [4.69, 9.17) is 47.4 Å². The van der Waals surface area contributed by atoms with E-state index in [0.717, 1.165) is 37.5 Å². The number of ether oxygens (including phenoxy) is 10. The van der Waals surface area contributed by atoms with E-state index in [1.54, 1.807) is 0 Å². The summed E-state index contributed by atoms with van der Waals surface area (Å²) in [6.07, 6.45) is -13.4. The van der Waals surface area contributed by atoms with Crippen LogP contribution in [0.15, 0.2) is 91.0 Å². The molecule has 10 atom stereocenters. The van der Waals surface area contributed by atoms with Gasteiger partial charge < -0.3 is 52.5 Å². The quantitative estimate of drug-likeness (QED) is 0.155.